The number of alkyl halides is 6. The van der Waals surface area contributed by atoms with Crippen LogP contribution in [0.25, 0.3) is 0 Å². The lowest BCUT2D eigenvalue weighted by Gasteiger charge is -2.09. The van der Waals surface area contributed by atoms with Crippen molar-refractivity contribution >= 4 is 11.6 Å². The Labute approximate surface area is 141 Å². The maximum Gasteiger partial charge on any atom is 0.573 e. The zero-order valence-corrected chi connectivity index (χ0v) is 12.5. The molecule has 4 nitrogen and oxygen atoms in total. The average molecular weight is 378 g/mol. The number of hydrogen-bond acceptors (Lipinski definition) is 4. The number of carbonyl (C=O) groups excluding carboxylic acids is 2. The first-order valence-electron chi connectivity index (χ1n) is 6.75. The van der Waals surface area contributed by atoms with Gasteiger partial charge in [-0.05, 0) is 48.5 Å². The smallest absolute Gasteiger partial charge is 0.406 e. The molecule has 2 aromatic rings. The third-order valence-electron chi connectivity index (χ3n) is 2.91. The van der Waals surface area contributed by atoms with Gasteiger partial charge in [-0.15, -0.1) is 26.3 Å². The summed E-state index contributed by atoms with van der Waals surface area (Å²) in [5, 5.41) is 0. The lowest BCUT2D eigenvalue weighted by molar-refractivity contribution is -0.275. The van der Waals surface area contributed by atoms with Crippen molar-refractivity contribution in [3.8, 4) is 11.5 Å². The summed E-state index contributed by atoms with van der Waals surface area (Å²) in [5.74, 6) is -3.24. The molecule has 0 bridgehead atoms. The van der Waals surface area contributed by atoms with Gasteiger partial charge in [0.2, 0.25) is 11.6 Å². The van der Waals surface area contributed by atoms with E-state index in [-0.39, 0.29) is 11.1 Å². The number of hydrogen-bond donors (Lipinski definition) is 0. The quantitative estimate of drug-likeness (QED) is 0.435. The lowest BCUT2D eigenvalue weighted by Crippen LogP contribution is -2.18. The topological polar surface area (TPSA) is 52.6 Å². The molecule has 0 radical (unpaired) electrons. The van der Waals surface area contributed by atoms with E-state index in [4.69, 9.17) is 0 Å². The minimum Gasteiger partial charge on any atom is -0.406 e. The summed E-state index contributed by atoms with van der Waals surface area (Å²) in [5.41, 5.74) is -0.416. The van der Waals surface area contributed by atoms with Crippen molar-refractivity contribution in [2.75, 3.05) is 0 Å². The zero-order valence-electron chi connectivity index (χ0n) is 12.5. The van der Waals surface area contributed by atoms with E-state index in [0.717, 1.165) is 48.5 Å². The van der Waals surface area contributed by atoms with Crippen molar-refractivity contribution < 1.29 is 45.4 Å². The lowest BCUT2D eigenvalue weighted by atomic mass is 10.0. The molecule has 0 aromatic heterocycles. The molecule has 138 valence electrons. The molecule has 0 heterocycles. The van der Waals surface area contributed by atoms with Crippen molar-refractivity contribution in [1.29, 1.82) is 0 Å². The largest absolute Gasteiger partial charge is 0.573 e. The van der Waals surface area contributed by atoms with Crippen molar-refractivity contribution in [1.82, 2.24) is 0 Å². The molecule has 0 saturated heterocycles. The van der Waals surface area contributed by atoms with Crippen molar-refractivity contribution in [2.24, 2.45) is 0 Å². The molecule has 0 atom stereocenters. The number of halogens is 6. The summed E-state index contributed by atoms with van der Waals surface area (Å²) >= 11 is 0. The Balaban J connectivity index is 2.10. The first kappa shape index (κ1) is 19.3. The Hall–Kier alpha value is -3.04. The SMILES string of the molecule is O=C(C(=O)c1ccc(OC(F)(F)F)cc1)c1ccc(OC(F)(F)F)cc1. The molecule has 0 aliphatic rings. The molecular weight excluding hydrogens is 370 g/mol. The van der Waals surface area contributed by atoms with Gasteiger partial charge in [0.05, 0.1) is 0 Å². The molecule has 10 heteroatoms. The van der Waals surface area contributed by atoms with Crippen LogP contribution < -0.4 is 9.47 Å². The Morgan fingerprint density at radius 2 is 0.846 bits per heavy atom. The van der Waals surface area contributed by atoms with Gasteiger partial charge >= 0.3 is 12.7 Å². The van der Waals surface area contributed by atoms with Crippen LogP contribution in [0.4, 0.5) is 26.3 Å². The second-order valence-electron chi connectivity index (χ2n) is 4.80. The summed E-state index contributed by atoms with van der Waals surface area (Å²) in [6.07, 6.45) is -9.80. The Bertz CT molecular complexity index is 722. The third kappa shape index (κ3) is 5.50. The van der Waals surface area contributed by atoms with Gasteiger partial charge in [-0.25, -0.2) is 0 Å². The van der Waals surface area contributed by atoms with Gasteiger partial charge in [0.25, 0.3) is 0 Å². The highest BCUT2D eigenvalue weighted by Gasteiger charge is 2.32. The average Bonchev–Trinajstić information content (AvgIpc) is 2.52. The second kappa shape index (κ2) is 7.06. The number of rotatable bonds is 5. The van der Waals surface area contributed by atoms with Crippen LogP contribution >= 0.6 is 0 Å². The van der Waals surface area contributed by atoms with E-state index in [1.54, 1.807) is 0 Å². The van der Waals surface area contributed by atoms with E-state index < -0.39 is 35.8 Å². The highest BCUT2D eigenvalue weighted by Crippen LogP contribution is 2.24. The first-order valence-corrected chi connectivity index (χ1v) is 6.75. The van der Waals surface area contributed by atoms with Crippen LogP contribution in [-0.4, -0.2) is 24.3 Å². The van der Waals surface area contributed by atoms with Crippen molar-refractivity contribution in [3.63, 3.8) is 0 Å². The molecule has 0 amide bonds. The predicted octanol–water partition coefficient (Wildman–Crippen LogP) is 4.55. The Morgan fingerprint density at radius 3 is 1.08 bits per heavy atom. The van der Waals surface area contributed by atoms with Gasteiger partial charge in [0, 0.05) is 11.1 Å². The fraction of sp³-hybridized carbons (Fsp3) is 0.125. The fourth-order valence-corrected chi connectivity index (χ4v) is 1.88. The minimum atomic E-state index is -4.90. The van der Waals surface area contributed by atoms with Gasteiger partial charge in [0.1, 0.15) is 11.5 Å². The maximum absolute atomic E-state index is 12.1. The van der Waals surface area contributed by atoms with Crippen LogP contribution in [-0.2, 0) is 0 Å². The van der Waals surface area contributed by atoms with Crippen LogP contribution in [0.3, 0.4) is 0 Å². The second-order valence-corrected chi connectivity index (χ2v) is 4.80. The van der Waals surface area contributed by atoms with Crippen LogP contribution in [0.2, 0.25) is 0 Å². The van der Waals surface area contributed by atoms with E-state index in [1.165, 1.54) is 0 Å². The van der Waals surface area contributed by atoms with Crippen molar-refractivity contribution in [2.45, 2.75) is 12.7 Å². The molecule has 2 rings (SSSR count). The highest BCUT2D eigenvalue weighted by molar-refractivity contribution is 6.49. The molecule has 0 aliphatic carbocycles. The summed E-state index contributed by atoms with van der Waals surface area (Å²) in [6.45, 7) is 0. The fourth-order valence-electron chi connectivity index (χ4n) is 1.88. The van der Waals surface area contributed by atoms with E-state index in [2.05, 4.69) is 9.47 Å². The number of ether oxygens (including phenoxy) is 2. The van der Waals surface area contributed by atoms with Gasteiger partial charge in [-0.1, -0.05) is 0 Å². The summed E-state index contributed by atoms with van der Waals surface area (Å²) < 4.78 is 79.6. The molecule has 0 N–H and O–H groups in total. The summed E-state index contributed by atoms with van der Waals surface area (Å²) in [4.78, 5) is 24.1. The normalized spacial score (nSPS) is 11.8. The maximum atomic E-state index is 12.1. The third-order valence-corrected chi connectivity index (χ3v) is 2.91. The zero-order chi connectivity index (χ0) is 19.5. The number of Topliss-reactive ketones (excluding diaryl/α,β-unsaturated/α-hetero) is 2. The van der Waals surface area contributed by atoms with Gasteiger partial charge in [-0.2, -0.15) is 0 Å². The van der Waals surface area contributed by atoms with E-state index in [0.29, 0.717) is 0 Å². The molecule has 0 aliphatic heterocycles. The van der Waals surface area contributed by atoms with Crippen LogP contribution in [0.1, 0.15) is 20.7 Å². The molecule has 0 fully saturated rings. The number of ketones is 2. The molecule has 0 unspecified atom stereocenters. The van der Waals surface area contributed by atoms with Gasteiger partial charge in [-0.3, -0.25) is 9.59 Å². The standard InChI is InChI=1S/C16H8F6O4/c17-15(18,19)25-11-5-1-9(2-6-11)13(23)14(24)10-3-7-12(8-4-10)26-16(20,21)22/h1-8H. The summed E-state index contributed by atoms with van der Waals surface area (Å²) in [6, 6.07) is 7.26. The van der Waals surface area contributed by atoms with E-state index >= 15 is 0 Å². The monoisotopic (exact) mass is 378 g/mol. The first-order chi connectivity index (χ1) is 11.9. The Kier molecular flexibility index (Phi) is 5.24. The molecule has 0 spiro atoms. The van der Waals surface area contributed by atoms with E-state index in [9.17, 15) is 35.9 Å². The van der Waals surface area contributed by atoms with Crippen LogP contribution in [0.15, 0.2) is 48.5 Å². The molecule has 26 heavy (non-hydrogen) atoms. The van der Waals surface area contributed by atoms with Gasteiger partial charge in [0.15, 0.2) is 0 Å². The van der Waals surface area contributed by atoms with Gasteiger partial charge < -0.3 is 9.47 Å². The van der Waals surface area contributed by atoms with Crippen LogP contribution in [0.5, 0.6) is 11.5 Å². The number of benzene rings is 2. The highest BCUT2D eigenvalue weighted by atomic mass is 19.4. The molecule has 0 saturated carbocycles. The minimum absolute atomic E-state index is 0.208. The van der Waals surface area contributed by atoms with Crippen LogP contribution in [0, 0.1) is 0 Å². The molecule has 2 aromatic carbocycles. The summed E-state index contributed by atoms with van der Waals surface area (Å²) in [7, 11) is 0. The van der Waals surface area contributed by atoms with E-state index in [1.807, 2.05) is 0 Å². The van der Waals surface area contributed by atoms with Crippen molar-refractivity contribution in [3.05, 3.63) is 59.7 Å². The Morgan fingerprint density at radius 1 is 0.577 bits per heavy atom. The number of carbonyl (C=O) groups is 2. The molecular formula is C16H8F6O4. The predicted molar refractivity (Wildman–Crippen MR) is 74.9 cm³/mol.